The van der Waals surface area contributed by atoms with Crippen LogP contribution in [0.25, 0.3) is 0 Å². The molecule has 1 fully saturated rings. The summed E-state index contributed by atoms with van der Waals surface area (Å²) in [5, 5.41) is 9.29. The number of hydrogen-bond donors (Lipinski definition) is 0. The van der Waals surface area contributed by atoms with Crippen molar-refractivity contribution in [3.8, 4) is 11.8 Å². The second kappa shape index (κ2) is 8.54. The van der Waals surface area contributed by atoms with Crippen molar-refractivity contribution in [3.05, 3.63) is 94.5 Å². The number of amides is 2. The van der Waals surface area contributed by atoms with E-state index < -0.39 is 4.87 Å². The number of nitriles is 1. The predicted molar refractivity (Wildman–Crippen MR) is 132 cm³/mol. The van der Waals surface area contributed by atoms with Crippen LogP contribution in [0.2, 0.25) is 0 Å². The normalized spacial score (nSPS) is 18.8. The maximum Gasteiger partial charge on any atom is 0.268 e. The largest absolute Gasteiger partial charge is 0.497 e. The second-order valence-electron chi connectivity index (χ2n) is 8.41. The number of aryl methyl sites for hydroxylation is 1. The van der Waals surface area contributed by atoms with Crippen LogP contribution in [0.4, 0.5) is 5.69 Å². The highest BCUT2D eigenvalue weighted by atomic mass is 32.2. The van der Waals surface area contributed by atoms with E-state index in [2.05, 4.69) is 6.07 Å². The number of rotatable bonds is 4. The lowest BCUT2D eigenvalue weighted by Crippen LogP contribution is -2.50. The van der Waals surface area contributed by atoms with E-state index in [9.17, 15) is 14.9 Å². The fourth-order valence-electron chi connectivity index (χ4n) is 4.72. The van der Waals surface area contributed by atoms with Gasteiger partial charge in [0.25, 0.3) is 11.8 Å². The van der Waals surface area contributed by atoms with Crippen LogP contribution < -0.4 is 9.64 Å². The molecule has 170 valence electrons. The van der Waals surface area contributed by atoms with Crippen LogP contribution in [-0.4, -0.2) is 36.1 Å². The van der Waals surface area contributed by atoms with E-state index in [4.69, 9.17) is 4.74 Å². The van der Waals surface area contributed by atoms with Crippen LogP contribution in [0.5, 0.6) is 5.75 Å². The summed E-state index contributed by atoms with van der Waals surface area (Å²) in [6.45, 7) is 2.79. The highest BCUT2D eigenvalue weighted by Gasteiger charge is 2.59. The Balaban J connectivity index is 1.59. The van der Waals surface area contributed by atoms with Gasteiger partial charge in [0.1, 0.15) is 5.75 Å². The molecule has 3 aromatic rings. The molecule has 1 atom stereocenters. The molecular weight excluding hydrogens is 446 g/mol. The topological polar surface area (TPSA) is 73.6 Å². The Bertz CT molecular complexity index is 1350. The van der Waals surface area contributed by atoms with Crippen molar-refractivity contribution < 1.29 is 14.3 Å². The highest BCUT2D eigenvalue weighted by Crippen LogP contribution is 2.55. The smallest absolute Gasteiger partial charge is 0.268 e. The second-order valence-corrected chi connectivity index (χ2v) is 9.69. The van der Waals surface area contributed by atoms with Crippen LogP contribution in [0.15, 0.2) is 66.7 Å². The number of ether oxygens (including phenoxy) is 1. The number of fused-ring (bicyclic) bond motifs is 2. The van der Waals surface area contributed by atoms with Gasteiger partial charge >= 0.3 is 0 Å². The van der Waals surface area contributed by atoms with Crippen molar-refractivity contribution in [1.29, 1.82) is 5.26 Å². The number of carbonyl (C=O) groups is 2. The number of hydrogen-bond acceptors (Lipinski definition) is 5. The van der Waals surface area contributed by atoms with Gasteiger partial charge in [-0.05, 0) is 48.9 Å². The molecule has 0 saturated carbocycles. The number of methoxy groups -OCH3 is 1. The van der Waals surface area contributed by atoms with Crippen LogP contribution in [0.1, 0.15) is 32.6 Å². The van der Waals surface area contributed by atoms with Gasteiger partial charge in [0.15, 0.2) is 4.87 Å². The third-order valence-corrected chi connectivity index (χ3v) is 7.73. The fraction of sp³-hybridized carbons (Fsp3) is 0.222. The molecule has 0 radical (unpaired) electrons. The predicted octanol–water partition coefficient (Wildman–Crippen LogP) is 4.46. The van der Waals surface area contributed by atoms with E-state index in [-0.39, 0.29) is 11.8 Å². The molecule has 6 nitrogen and oxygen atoms in total. The molecule has 0 unspecified atom stereocenters. The van der Waals surface area contributed by atoms with E-state index in [0.717, 1.165) is 22.4 Å². The van der Waals surface area contributed by atoms with Gasteiger partial charge in [0.05, 0.1) is 31.0 Å². The minimum atomic E-state index is -1.12. The first kappa shape index (κ1) is 22.1. The first-order chi connectivity index (χ1) is 16.5. The molecule has 0 N–H and O–H groups in total. The van der Waals surface area contributed by atoms with Crippen LogP contribution in [-0.2, 0) is 16.2 Å². The van der Waals surface area contributed by atoms with Gasteiger partial charge in [-0.15, -0.1) is 11.8 Å². The summed E-state index contributed by atoms with van der Waals surface area (Å²) in [4.78, 5) is 30.2. The van der Waals surface area contributed by atoms with E-state index in [0.29, 0.717) is 35.7 Å². The van der Waals surface area contributed by atoms with Crippen molar-refractivity contribution in [2.45, 2.75) is 18.3 Å². The highest BCUT2D eigenvalue weighted by molar-refractivity contribution is 8.01. The third kappa shape index (κ3) is 3.42. The average Bonchev–Trinajstić information content (AvgIpc) is 3.40. The Kier molecular flexibility index (Phi) is 5.54. The lowest BCUT2D eigenvalue weighted by Gasteiger charge is -2.33. The molecule has 34 heavy (non-hydrogen) atoms. The van der Waals surface area contributed by atoms with Crippen molar-refractivity contribution >= 4 is 29.3 Å². The maximum atomic E-state index is 14.1. The Morgan fingerprint density at radius 2 is 1.97 bits per heavy atom. The quantitative estimate of drug-likeness (QED) is 0.564. The van der Waals surface area contributed by atoms with Crippen LogP contribution >= 0.6 is 11.8 Å². The number of anilines is 1. The molecule has 0 bridgehead atoms. The molecule has 1 spiro atoms. The minimum absolute atomic E-state index is 0.130. The van der Waals surface area contributed by atoms with Gasteiger partial charge in [0.2, 0.25) is 0 Å². The number of benzene rings is 3. The molecule has 2 heterocycles. The Morgan fingerprint density at radius 1 is 1.15 bits per heavy atom. The average molecular weight is 470 g/mol. The van der Waals surface area contributed by atoms with E-state index in [1.54, 1.807) is 53.3 Å². The summed E-state index contributed by atoms with van der Waals surface area (Å²) in [5.74, 6) is 0.930. The molecule has 5 rings (SSSR count). The van der Waals surface area contributed by atoms with Crippen molar-refractivity contribution in [1.82, 2.24) is 4.90 Å². The zero-order chi connectivity index (χ0) is 23.9. The first-order valence-corrected chi connectivity index (χ1v) is 12.0. The molecule has 3 aromatic carbocycles. The van der Waals surface area contributed by atoms with Gasteiger partial charge in [0, 0.05) is 23.4 Å². The van der Waals surface area contributed by atoms with Gasteiger partial charge in [-0.3, -0.25) is 9.59 Å². The monoisotopic (exact) mass is 469 g/mol. The summed E-state index contributed by atoms with van der Waals surface area (Å²) in [6.07, 6.45) is 0. The van der Waals surface area contributed by atoms with Crippen LogP contribution in [0.3, 0.4) is 0 Å². The van der Waals surface area contributed by atoms with Crippen molar-refractivity contribution in [2.24, 2.45) is 0 Å². The number of thioether (sulfide) groups is 1. The third-order valence-electron chi connectivity index (χ3n) is 6.31. The number of carbonyl (C=O) groups excluding carboxylic acids is 2. The van der Waals surface area contributed by atoms with Crippen molar-refractivity contribution in [2.75, 3.05) is 24.3 Å². The molecule has 2 aliphatic rings. The van der Waals surface area contributed by atoms with E-state index in [1.165, 1.54) is 11.8 Å². The fourth-order valence-corrected chi connectivity index (χ4v) is 6.17. The summed E-state index contributed by atoms with van der Waals surface area (Å²) in [5.41, 5.74) is 4.57. The van der Waals surface area contributed by atoms with E-state index in [1.807, 2.05) is 37.3 Å². The number of nitrogens with zero attached hydrogens (tertiary/aromatic N) is 3. The van der Waals surface area contributed by atoms with Crippen molar-refractivity contribution in [3.63, 3.8) is 0 Å². The van der Waals surface area contributed by atoms with Gasteiger partial charge in [-0.2, -0.15) is 5.26 Å². The van der Waals surface area contributed by atoms with Crippen LogP contribution in [0, 0.1) is 18.3 Å². The summed E-state index contributed by atoms with van der Waals surface area (Å²) in [6, 6.07) is 22.4. The van der Waals surface area contributed by atoms with Gasteiger partial charge in [-0.25, -0.2) is 0 Å². The maximum absolute atomic E-state index is 14.1. The molecule has 2 amide bonds. The zero-order valence-electron chi connectivity index (χ0n) is 18.9. The Labute approximate surface area is 202 Å². The molecule has 0 aliphatic carbocycles. The summed E-state index contributed by atoms with van der Waals surface area (Å²) in [7, 11) is 1.56. The zero-order valence-corrected chi connectivity index (χ0v) is 19.8. The standard InChI is InChI=1S/C27H23N3O3S/c1-18-9-10-24-23(13-18)27(26(32)29(24)17-20-6-3-5-19(14-20)16-28)30(11-12-34-27)25(31)21-7-4-8-22(15-21)33-2/h3-10,13-15H,11-12,17H2,1-2H3/t27-/m0/s1. The molecule has 1 saturated heterocycles. The lowest BCUT2D eigenvalue weighted by atomic mass is 10.0. The molecular formula is C27H23N3O3S. The van der Waals surface area contributed by atoms with E-state index >= 15 is 0 Å². The Hall–Kier alpha value is -3.76. The molecule has 7 heteroatoms. The molecule has 2 aliphatic heterocycles. The van der Waals surface area contributed by atoms with Gasteiger partial charge < -0.3 is 14.5 Å². The SMILES string of the molecule is COc1cccc(C(=O)N2CCS[C@@]23C(=O)N(Cc2cccc(C#N)c2)c2ccc(C)cc23)c1. The minimum Gasteiger partial charge on any atom is -0.497 e. The molecule has 0 aromatic heterocycles. The summed E-state index contributed by atoms with van der Waals surface area (Å²) >= 11 is 1.51. The first-order valence-electron chi connectivity index (χ1n) is 11.0. The van der Waals surface area contributed by atoms with Gasteiger partial charge in [-0.1, -0.05) is 35.9 Å². The lowest BCUT2D eigenvalue weighted by molar-refractivity contribution is -0.123. The Morgan fingerprint density at radius 3 is 2.76 bits per heavy atom. The summed E-state index contributed by atoms with van der Waals surface area (Å²) < 4.78 is 5.31.